The molecule has 0 fully saturated rings. The summed E-state index contributed by atoms with van der Waals surface area (Å²) in [5, 5.41) is 1.31. The van der Waals surface area contributed by atoms with Gasteiger partial charge in [0, 0.05) is 45.7 Å². The summed E-state index contributed by atoms with van der Waals surface area (Å²) in [6.07, 6.45) is 4.15. The van der Waals surface area contributed by atoms with Crippen molar-refractivity contribution in [2.75, 3.05) is 0 Å². The van der Waals surface area contributed by atoms with E-state index < -0.39 is 0 Å². The first-order valence-electron chi connectivity index (χ1n) is 11.4. The largest absolute Gasteiger partial charge is 0.312 e. The molecule has 3 heteroatoms. The predicted octanol–water partition coefficient (Wildman–Crippen LogP) is 7.25. The summed E-state index contributed by atoms with van der Waals surface area (Å²) < 4.78 is 4.54. The molecule has 0 bridgehead atoms. The van der Waals surface area contributed by atoms with Gasteiger partial charge in [-0.25, -0.2) is 4.98 Å². The van der Waals surface area contributed by atoms with Gasteiger partial charge in [0.15, 0.2) is 0 Å². The maximum absolute atomic E-state index is 4.85. The average molecular weight is 426 g/mol. The van der Waals surface area contributed by atoms with Crippen LogP contribution in [0.15, 0.2) is 103 Å². The van der Waals surface area contributed by atoms with Crippen LogP contribution in [0.4, 0.5) is 0 Å². The summed E-state index contributed by atoms with van der Waals surface area (Å²) in [6.45, 7) is 4.69. The Morgan fingerprint density at radius 3 is 2.52 bits per heavy atom. The van der Waals surface area contributed by atoms with Gasteiger partial charge in [0.1, 0.15) is 5.65 Å². The van der Waals surface area contributed by atoms with Crippen LogP contribution in [0.5, 0.6) is 0 Å². The highest BCUT2D eigenvalue weighted by Crippen LogP contribution is 2.53. The van der Waals surface area contributed by atoms with Crippen molar-refractivity contribution in [3.8, 4) is 28.1 Å². The van der Waals surface area contributed by atoms with E-state index in [-0.39, 0.29) is 5.41 Å². The summed E-state index contributed by atoms with van der Waals surface area (Å²) in [6, 6.07) is 32.5. The lowest BCUT2D eigenvalue weighted by atomic mass is 9.85. The van der Waals surface area contributed by atoms with Crippen LogP contribution in [0.3, 0.4) is 0 Å². The number of nitrogens with zero attached hydrogens (tertiary/aromatic N) is 3. The van der Waals surface area contributed by atoms with E-state index in [1.54, 1.807) is 0 Å². The molecule has 3 heterocycles. The topological polar surface area (TPSA) is 22.2 Å². The van der Waals surface area contributed by atoms with Gasteiger partial charge in [-0.2, -0.15) is 0 Å². The molecule has 3 aromatic heterocycles. The van der Waals surface area contributed by atoms with Gasteiger partial charge in [-0.15, -0.1) is 0 Å². The Labute approximate surface area is 192 Å². The van der Waals surface area contributed by atoms with E-state index in [2.05, 4.69) is 102 Å². The maximum Gasteiger partial charge on any atom is 0.137 e. The van der Waals surface area contributed by atoms with E-state index in [0.717, 1.165) is 16.9 Å². The van der Waals surface area contributed by atoms with Crippen LogP contribution in [0.1, 0.15) is 25.1 Å². The van der Waals surface area contributed by atoms with Crippen molar-refractivity contribution in [1.82, 2.24) is 14.0 Å². The van der Waals surface area contributed by atoms with E-state index in [0.29, 0.717) is 0 Å². The van der Waals surface area contributed by atoms with Crippen molar-refractivity contribution in [2.45, 2.75) is 19.3 Å². The minimum atomic E-state index is -0.0932. The first-order chi connectivity index (χ1) is 16.1. The molecule has 0 spiro atoms. The Bertz CT molecular complexity index is 1660. The van der Waals surface area contributed by atoms with Gasteiger partial charge in [-0.05, 0) is 41.5 Å². The van der Waals surface area contributed by atoms with Gasteiger partial charge in [-0.3, -0.25) is 0 Å². The number of pyridine rings is 1. The number of rotatable bonds is 2. The Hall–Kier alpha value is -4.11. The van der Waals surface area contributed by atoms with Crippen LogP contribution in [0.25, 0.3) is 44.6 Å². The third-order valence-electron chi connectivity index (χ3n) is 7.10. The number of hydrogen-bond donors (Lipinski definition) is 0. The molecule has 0 radical (unpaired) electrons. The zero-order valence-corrected chi connectivity index (χ0v) is 18.7. The van der Waals surface area contributed by atoms with Crippen LogP contribution < -0.4 is 0 Å². The van der Waals surface area contributed by atoms with Gasteiger partial charge in [0.25, 0.3) is 0 Å². The molecule has 33 heavy (non-hydrogen) atoms. The van der Waals surface area contributed by atoms with E-state index >= 15 is 0 Å². The number of aromatic nitrogens is 3. The Kier molecular flexibility index (Phi) is 3.61. The van der Waals surface area contributed by atoms with Crippen molar-refractivity contribution in [3.05, 3.63) is 115 Å². The molecule has 0 saturated carbocycles. The zero-order chi connectivity index (χ0) is 22.2. The van der Waals surface area contributed by atoms with Crippen LogP contribution in [-0.2, 0) is 5.41 Å². The van der Waals surface area contributed by atoms with Gasteiger partial charge < -0.3 is 8.97 Å². The van der Waals surface area contributed by atoms with Crippen molar-refractivity contribution in [1.29, 1.82) is 0 Å². The quantitative estimate of drug-likeness (QED) is 0.286. The SMILES string of the molecule is CC1(C)c2ccccc2-c2c1n(-c1cccc(-c3cn4ccccc4n3)c1)c1ccccc21. The smallest absolute Gasteiger partial charge is 0.137 e. The number of benzene rings is 3. The molecule has 3 nitrogen and oxygen atoms in total. The first-order valence-corrected chi connectivity index (χ1v) is 11.4. The summed E-state index contributed by atoms with van der Waals surface area (Å²) in [4.78, 5) is 4.85. The van der Waals surface area contributed by atoms with Crippen molar-refractivity contribution in [3.63, 3.8) is 0 Å². The number of para-hydroxylation sites is 1. The van der Waals surface area contributed by atoms with Crippen LogP contribution in [0, 0.1) is 0 Å². The molecular weight excluding hydrogens is 402 g/mol. The van der Waals surface area contributed by atoms with Crippen molar-refractivity contribution < 1.29 is 0 Å². The van der Waals surface area contributed by atoms with Gasteiger partial charge >= 0.3 is 0 Å². The lowest BCUT2D eigenvalue weighted by molar-refractivity contribution is 0.624. The van der Waals surface area contributed by atoms with E-state index in [9.17, 15) is 0 Å². The van der Waals surface area contributed by atoms with Crippen LogP contribution in [0.2, 0.25) is 0 Å². The van der Waals surface area contributed by atoms with Crippen LogP contribution in [-0.4, -0.2) is 14.0 Å². The highest BCUT2D eigenvalue weighted by Gasteiger charge is 2.40. The molecule has 158 valence electrons. The van der Waals surface area contributed by atoms with Crippen molar-refractivity contribution >= 4 is 16.6 Å². The predicted molar refractivity (Wildman–Crippen MR) is 135 cm³/mol. The fraction of sp³-hybridized carbons (Fsp3) is 0.100. The molecule has 1 aliphatic rings. The minimum Gasteiger partial charge on any atom is -0.312 e. The monoisotopic (exact) mass is 425 g/mol. The molecule has 0 amide bonds. The lowest BCUT2D eigenvalue weighted by Crippen LogP contribution is -2.19. The number of hydrogen-bond acceptors (Lipinski definition) is 1. The number of imidazole rings is 1. The third-order valence-corrected chi connectivity index (χ3v) is 7.10. The summed E-state index contributed by atoms with van der Waals surface area (Å²) >= 11 is 0. The number of fused-ring (bicyclic) bond motifs is 6. The fourth-order valence-electron chi connectivity index (χ4n) is 5.62. The summed E-state index contributed by atoms with van der Waals surface area (Å²) in [7, 11) is 0. The minimum absolute atomic E-state index is 0.0932. The molecule has 0 aliphatic heterocycles. The highest BCUT2D eigenvalue weighted by molar-refractivity contribution is 6.03. The lowest BCUT2D eigenvalue weighted by Gasteiger charge is -2.24. The standard InChI is InChI=1S/C30H23N3/c1-30(2)24-14-5-3-12-22(24)28-23-13-4-6-15-26(23)33(29(28)30)21-11-9-10-20(18-21)25-19-32-17-8-7-16-27(32)31-25/h3-19H,1-2H3. The summed E-state index contributed by atoms with van der Waals surface area (Å²) in [5.41, 5.74) is 10.9. The molecule has 1 aliphatic carbocycles. The highest BCUT2D eigenvalue weighted by atomic mass is 15.0. The second-order valence-electron chi connectivity index (χ2n) is 9.39. The van der Waals surface area contributed by atoms with Crippen molar-refractivity contribution in [2.24, 2.45) is 0 Å². The second kappa shape index (κ2) is 6.46. The zero-order valence-electron chi connectivity index (χ0n) is 18.7. The molecule has 3 aromatic carbocycles. The van der Waals surface area contributed by atoms with Gasteiger partial charge in [-0.1, -0.05) is 74.5 Å². The molecule has 7 rings (SSSR count). The Balaban J connectivity index is 1.51. The van der Waals surface area contributed by atoms with Gasteiger partial charge in [0.05, 0.1) is 11.2 Å². The normalized spacial score (nSPS) is 14.0. The van der Waals surface area contributed by atoms with E-state index in [1.165, 1.54) is 39.0 Å². The maximum atomic E-state index is 4.85. The average Bonchev–Trinajstić information content (AvgIpc) is 3.50. The third kappa shape index (κ3) is 2.48. The fourth-order valence-corrected chi connectivity index (χ4v) is 5.62. The Morgan fingerprint density at radius 1 is 0.788 bits per heavy atom. The molecule has 0 atom stereocenters. The van der Waals surface area contributed by atoms with E-state index in [1.807, 2.05) is 24.4 Å². The molecule has 0 N–H and O–H groups in total. The first kappa shape index (κ1) is 18.5. The van der Waals surface area contributed by atoms with E-state index in [4.69, 9.17) is 4.98 Å². The van der Waals surface area contributed by atoms with Gasteiger partial charge in [0.2, 0.25) is 0 Å². The molecular formula is C30H23N3. The second-order valence-corrected chi connectivity index (χ2v) is 9.39. The molecule has 0 unspecified atom stereocenters. The Morgan fingerprint density at radius 2 is 1.61 bits per heavy atom. The molecule has 0 saturated heterocycles. The van der Waals surface area contributed by atoms with Crippen LogP contribution >= 0.6 is 0 Å². The molecule has 6 aromatic rings. The summed E-state index contributed by atoms with van der Waals surface area (Å²) in [5.74, 6) is 0.